The van der Waals surface area contributed by atoms with Gasteiger partial charge in [-0.05, 0) is 97.8 Å². The van der Waals surface area contributed by atoms with Gasteiger partial charge in [0.05, 0.1) is 24.3 Å². The number of benzene rings is 4. The molecule has 0 fully saturated rings. The van der Waals surface area contributed by atoms with E-state index < -0.39 is 11.9 Å². The van der Waals surface area contributed by atoms with Crippen LogP contribution in [0.15, 0.2) is 97.1 Å². The van der Waals surface area contributed by atoms with Gasteiger partial charge in [0.25, 0.3) is 5.91 Å². The minimum Gasteiger partial charge on any atom is -0.494 e. The molecule has 52 heavy (non-hydrogen) atoms. The molecule has 0 aliphatic heterocycles. The molecule has 0 aliphatic rings. The predicted octanol–water partition coefficient (Wildman–Crippen LogP) is 10.8. The summed E-state index contributed by atoms with van der Waals surface area (Å²) in [4.78, 5) is 48.5. The van der Waals surface area contributed by atoms with Crippen molar-refractivity contribution in [2.24, 2.45) is 0 Å². The molecule has 1 amide bonds. The van der Waals surface area contributed by atoms with Crippen molar-refractivity contribution < 1.29 is 38.4 Å². The van der Waals surface area contributed by atoms with Crippen molar-refractivity contribution in [3.63, 3.8) is 0 Å². The number of ether oxygens (including phenoxy) is 3. The maximum absolute atomic E-state index is 12.9. The van der Waals surface area contributed by atoms with E-state index in [2.05, 4.69) is 19.2 Å². The Morgan fingerprint density at radius 3 is 1.56 bits per heavy atom. The highest BCUT2D eigenvalue weighted by molar-refractivity contribution is 6.04. The van der Waals surface area contributed by atoms with Crippen molar-refractivity contribution in [1.29, 1.82) is 0 Å². The number of unbranched alkanes of at least 4 members (excludes halogenated alkanes) is 10. The number of rotatable bonds is 23. The average Bonchev–Trinajstić information content (AvgIpc) is 3.16. The average molecular weight is 710 g/mol. The molecule has 9 nitrogen and oxygen atoms in total. The summed E-state index contributed by atoms with van der Waals surface area (Å²) in [5, 5.41) is 2.90. The van der Waals surface area contributed by atoms with Crippen LogP contribution in [0.25, 0.3) is 0 Å². The summed E-state index contributed by atoms with van der Waals surface area (Å²) in [6.45, 7) is 5.44. The predicted molar refractivity (Wildman–Crippen MR) is 202 cm³/mol. The van der Waals surface area contributed by atoms with Gasteiger partial charge < -0.3 is 24.4 Å². The molecule has 0 spiro atoms. The van der Waals surface area contributed by atoms with Gasteiger partial charge in [-0.25, -0.2) is 9.59 Å². The Morgan fingerprint density at radius 1 is 0.500 bits per heavy atom. The second-order valence-corrected chi connectivity index (χ2v) is 12.6. The third-order valence-electron chi connectivity index (χ3n) is 8.31. The standard InChI is InChI=1S/C43H51NO8/c1-3-5-7-8-9-10-11-12-13-14-30-48-40-17-15-16-36(32-40)44-41(45)33-18-24-37(25-19-33)50-42(46)34-20-26-38(27-21-34)51-43(47)35-22-28-39(29-23-35)52-49-31-6-4-2/h15-29,32H,3-14,30-31H2,1-2H3,(H,44,45). The Balaban J connectivity index is 1.16. The van der Waals surface area contributed by atoms with E-state index in [1.54, 1.807) is 48.5 Å². The molecule has 0 unspecified atom stereocenters. The van der Waals surface area contributed by atoms with E-state index in [9.17, 15) is 14.4 Å². The van der Waals surface area contributed by atoms with Crippen LogP contribution >= 0.6 is 0 Å². The van der Waals surface area contributed by atoms with Crippen LogP contribution in [0.4, 0.5) is 5.69 Å². The number of carbonyl (C=O) groups is 3. The molecule has 276 valence electrons. The molecule has 0 saturated heterocycles. The molecule has 0 bridgehead atoms. The summed E-state index contributed by atoms with van der Waals surface area (Å²) >= 11 is 0. The number of anilines is 1. The maximum atomic E-state index is 12.9. The smallest absolute Gasteiger partial charge is 0.343 e. The molecule has 4 rings (SSSR count). The zero-order valence-electron chi connectivity index (χ0n) is 30.4. The second-order valence-electron chi connectivity index (χ2n) is 12.6. The molecule has 0 radical (unpaired) electrons. The Morgan fingerprint density at radius 2 is 1.00 bits per heavy atom. The molecule has 0 aliphatic carbocycles. The third-order valence-corrected chi connectivity index (χ3v) is 8.31. The molecule has 1 N–H and O–H groups in total. The van der Waals surface area contributed by atoms with E-state index in [4.69, 9.17) is 24.0 Å². The van der Waals surface area contributed by atoms with Gasteiger partial charge in [0, 0.05) is 17.3 Å². The van der Waals surface area contributed by atoms with Crippen LogP contribution in [0.3, 0.4) is 0 Å². The first-order valence-electron chi connectivity index (χ1n) is 18.5. The Labute approximate surface area is 307 Å². The second kappa shape index (κ2) is 22.6. The highest BCUT2D eigenvalue weighted by Gasteiger charge is 2.13. The van der Waals surface area contributed by atoms with Crippen LogP contribution in [-0.4, -0.2) is 31.1 Å². The number of esters is 2. The van der Waals surface area contributed by atoms with Crippen molar-refractivity contribution in [3.8, 4) is 23.0 Å². The monoisotopic (exact) mass is 709 g/mol. The fraction of sp³-hybridized carbons (Fsp3) is 0.372. The van der Waals surface area contributed by atoms with Crippen LogP contribution in [0.1, 0.15) is 122 Å². The summed E-state index contributed by atoms with van der Waals surface area (Å²) in [5.41, 5.74) is 1.64. The summed E-state index contributed by atoms with van der Waals surface area (Å²) in [6, 6.07) is 26.1. The Bertz CT molecular complexity index is 1650. The number of hydrogen-bond donors (Lipinski definition) is 1. The van der Waals surface area contributed by atoms with Gasteiger partial charge in [-0.1, -0.05) is 84.1 Å². The number of hydrogen-bond acceptors (Lipinski definition) is 8. The van der Waals surface area contributed by atoms with Gasteiger partial charge >= 0.3 is 11.9 Å². The minimum absolute atomic E-state index is 0.265. The zero-order chi connectivity index (χ0) is 36.8. The fourth-order valence-electron chi connectivity index (χ4n) is 5.27. The van der Waals surface area contributed by atoms with E-state index in [-0.39, 0.29) is 23.0 Å². The van der Waals surface area contributed by atoms with Gasteiger partial charge in [0.1, 0.15) is 17.2 Å². The van der Waals surface area contributed by atoms with Crippen LogP contribution in [-0.2, 0) is 4.89 Å². The molecule has 0 saturated carbocycles. The molecule has 0 atom stereocenters. The first kappa shape index (κ1) is 39.6. The lowest BCUT2D eigenvalue weighted by molar-refractivity contribution is -0.207. The van der Waals surface area contributed by atoms with E-state index in [1.807, 2.05) is 24.3 Å². The van der Waals surface area contributed by atoms with Crippen LogP contribution in [0.5, 0.6) is 23.0 Å². The van der Waals surface area contributed by atoms with E-state index in [1.165, 1.54) is 75.6 Å². The van der Waals surface area contributed by atoms with Gasteiger partial charge in [0.15, 0.2) is 5.75 Å². The number of nitrogens with one attached hydrogen (secondary N) is 1. The van der Waals surface area contributed by atoms with E-state index in [0.29, 0.717) is 41.5 Å². The van der Waals surface area contributed by atoms with Gasteiger partial charge in [-0.3, -0.25) is 4.79 Å². The lowest BCUT2D eigenvalue weighted by Crippen LogP contribution is -2.12. The summed E-state index contributed by atoms with van der Waals surface area (Å²) in [7, 11) is 0. The quantitative estimate of drug-likeness (QED) is 0.0266. The van der Waals surface area contributed by atoms with Crippen molar-refractivity contribution in [1.82, 2.24) is 0 Å². The van der Waals surface area contributed by atoms with Crippen LogP contribution in [0.2, 0.25) is 0 Å². The SMILES string of the molecule is CCCCCCCCCCCCOc1cccc(NC(=O)c2ccc(OC(=O)c3ccc(OC(=O)c4ccc(OOCCCC)cc4)cc3)cc2)c1. The van der Waals surface area contributed by atoms with Crippen LogP contribution in [0, 0.1) is 0 Å². The molecular weight excluding hydrogens is 658 g/mol. The molecule has 4 aromatic carbocycles. The topological polar surface area (TPSA) is 109 Å². The van der Waals surface area contributed by atoms with Gasteiger partial charge in [-0.15, -0.1) is 0 Å². The summed E-state index contributed by atoms with van der Waals surface area (Å²) in [6.07, 6.45) is 14.6. The Hall–Kier alpha value is -5.15. The van der Waals surface area contributed by atoms with Crippen molar-refractivity contribution in [2.75, 3.05) is 18.5 Å². The molecule has 0 aromatic heterocycles. The summed E-state index contributed by atoms with van der Waals surface area (Å²) in [5.74, 6) is 0.297. The van der Waals surface area contributed by atoms with Crippen molar-refractivity contribution in [2.45, 2.75) is 90.9 Å². The first-order valence-corrected chi connectivity index (χ1v) is 18.5. The fourth-order valence-corrected chi connectivity index (χ4v) is 5.27. The lowest BCUT2D eigenvalue weighted by Gasteiger charge is -2.10. The summed E-state index contributed by atoms with van der Waals surface area (Å²) < 4.78 is 16.8. The maximum Gasteiger partial charge on any atom is 0.343 e. The van der Waals surface area contributed by atoms with Crippen molar-refractivity contribution in [3.05, 3.63) is 114 Å². The molecule has 0 heterocycles. The molecule has 9 heteroatoms. The normalized spacial score (nSPS) is 10.7. The van der Waals surface area contributed by atoms with E-state index in [0.717, 1.165) is 25.7 Å². The van der Waals surface area contributed by atoms with Gasteiger partial charge in [-0.2, -0.15) is 4.89 Å². The zero-order valence-corrected chi connectivity index (χ0v) is 30.4. The lowest BCUT2D eigenvalue weighted by atomic mass is 10.1. The third kappa shape index (κ3) is 14.2. The molecule has 4 aromatic rings. The largest absolute Gasteiger partial charge is 0.494 e. The minimum atomic E-state index is -0.596. The Kier molecular flexibility index (Phi) is 17.2. The van der Waals surface area contributed by atoms with Crippen LogP contribution < -0.4 is 24.4 Å². The van der Waals surface area contributed by atoms with E-state index >= 15 is 0 Å². The highest BCUT2D eigenvalue weighted by atomic mass is 17.2. The number of carbonyl (C=O) groups excluding carboxylic acids is 3. The molecular formula is C43H51NO8. The first-order chi connectivity index (χ1) is 25.4. The van der Waals surface area contributed by atoms with Crippen molar-refractivity contribution >= 4 is 23.5 Å². The highest BCUT2D eigenvalue weighted by Crippen LogP contribution is 2.22. The number of amides is 1. The van der Waals surface area contributed by atoms with Gasteiger partial charge in [0.2, 0.25) is 0 Å².